The fourth-order valence-electron chi connectivity index (χ4n) is 11.0. The lowest BCUT2D eigenvalue weighted by molar-refractivity contribution is 0.640. The van der Waals surface area contributed by atoms with Gasteiger partial charge in [0, 0.05) is 52.6 Å². The summed E-state index contributed by atoms with van der Waals surface area (Å²) < 4.78 is 0. The largest absolute Gasteiger partial charge is 0.243 e. The normalized spacial score (nSPS) is 12.7. The van der Waals surface area contributed by atoms with Crippen molar-refractivity contribution < 1.29 is 0 Å². The van der Waals surface area contributed by atoms with Crippen LogP contribution in [-0.4, -0.2) is 9.97 Å². The molecule has 4 heteroatoms. The van der Waals surface area contributed by atoms with Crippen LogP contribution in [0.2, 0.25) is 0 Å². The Labute approximate surface area is 418 Å². The number of hydrogen-bond acceptors (Lipinski definition) is 4. The van der Waals surface area contributed by atoms with Crippen molar-refractivity contribution in [1.29, 1.82) is 0 Å². The first-order valence-corrected chi connectivity index (χ1v) is 26.0. The molecule has 0 amide bonds. The maximum absolute atomic E-state index is 5.66. The first-order valence-electron chi connectivity index (χ1n) is 24.4. The van der Waals surface area contributed by atoms with Gasteiger partial charge in [-0.1, -0.05) is 191 Å². The van der Waals surface area contributed by atoms with E-state index in [2.05, 4.69) is 234 Å². The SMILES string of the molecule is CC(C)(c1ccccc1)c1ccc2c(c1)Cc1cc3c(cc1-2)Cc1cc(-c2ccc(-c4ccc(-c5ccc(C(C)(C)c6ccccc6)s5)c5nc(-c6ccccc6)c(-c6ccccc6)nc45)s2)ccc1-3. The molecule has 0 fully saturated rings. The summed E-state index contributed by atoms with van der Waals surface area (Å²) in [6.45, 7) is 9.32. The summed E-state index contributed by atoms with van der Waals surface area (Å²) >= 11 is 3.69. The van der Waals surface area contributed by atoms with Gasteiger partial charge < -0.3 is 0 Å². The predicted octanol–water partition coefficient (Wildman–Crippen LogP) is 17.9. The highest BCUT2D eigenvalue weighted by Crippen LogP contribution is 2.49. The molecular weight excluding hydrogens is 885 g/mol. The van der Waals surface area contributed by atoms with Crippen LogP contribution in [0.3, 0.4) is 0 Å². The minimum Gasteiger partial charge on any atom is -0.243 e. The maximum atomic E-state index is 5.66. The van der Waals surface area contributed by atoms with Crippen LogP contribution < -0.4 is 0 Å². The zero-order valence-corrected chi connectivity index (χ0v) is 41.4. The maximum Gasteiger partial charge on any atom is 0.0988 e. The van der Waals surface area contributed by atoms with E-state index in [1.807, 2.05) is 22.7 Å². The molecule has 0 spiro atoms. The molecule has 0 unspecified atom stereocenters. The van der Waals surface area contributed by atoms with E-state index in [4.69, 9.17) is 9.97 Å². The van der Waals surface area contributed by atoms with E-state index in [1.165, 1.54) is 86.3 Å². The number of aromatic nitrogens is 2. The smallest absolute Gasteiger partial charge is 0.0988 e. The molecule has 3 heterocycles. The van der Waals surface area contributed by atoms with Gasteiger partial charge in [-0.25, -0.2) is 9.97 Å². The molecule has 11 aromatic rings. The van der Waals surface area contributed by atoms with Crippen molar-refractivity contribution in [2.75, 3.05) is 0 Å². The Bertz CT molecular complexity index is 3810. The number of rotatable bonds is 9. The lowest BCUT2D eigenvalue weighted by Gasteiger charge is -2.26. The number of nitrogens with zero attached hydrogens (tertiary/aromatic N) is 2. The van der Waals surface area contributed by atoms with Crippen LogP contribution in [0, 0.1) is 0 Å². The molecule has 0 bridgehead atoms. The van der Waals surface area contributed by atoms with Gasteiger partial charge in [0.15, 0.2) is 0 Å². The third-order valence-corrected chi connectivity index (χ3v) is 17.8. The molecule has 2 aliphatic carbocycles. The second kappa shape index (κ2) is 16.6. The molecule has 0 aliphatic heterocycles. The van der Waals surface area contributed by atoms with Gasteiger partial charge in [-0.15, -0.1) is 22.7 Å². The fourth-order valence-corrected chi connectivity index (χ4v) is 13.2. The highest BCUT2D eigenvalue weighted by atomic mass is 32.1. The van der Waals surface area contributed by atoms with Gasteiger partial charge in [-0.05, 0) is 122 Å². The second-order valence-corrected chi connectivity index (χ2v) is 22.3. The zero-order valence-electron chi connectivity index (χ0n) is 39.8. The predicted molar refractivity (Wildman–Crippen MR) is 296 cm³/mol. The molecule has 8 aromatic carbocycles. The van der Waals surface area contributed by atoms with E-state index in [0.29, 0.717) is 0 Å². The lowest BCUT2D eigenvalue weighted by atomic mass is 9.77. The summed E-state index contributed by atoms with van der Waals surface area (Å²) in [5.41, 5.74) is 24.2. The van der Waals surface area contributed by atoms with E-state index in [-0.39, 0.29) is 10.8 Å². The van der Waals surface area contributed by atoms with E-state index in [9.17, 15) is 0 Å². The van der Waals surface area contributed by atoms with Crippen LogP contribution in [0.15, 0.2) is 206 Å². The van der Waals surface area contributed by atoms with Crippen LogP contribution in [0.1, 0.15) is 71.5 Å². The van der Waals surface area contributed by atoms with Gasteiger partial charge in [-0.2, -0.15) is 0 Å². The molecule has 3 aromatic heterocycles. The Balaban J connectivity index is 0.860. The Morgan fingerprint density at radius 3 is 1.34 bits per heavy atom. The van der Waals surface area contributed by atoms with Gasteiger partial charge in [0.05, 0.1) is 22.4 Å². The third kappa shape index (κ3) is 7.12. The van der Waals surface area contributed by atoms with Crippen molar-refractivity contribution in [1.82, 2.24) is 9.97 Å². The summed E-state index contributed by atoms with van der Waals surface area (Å²) in [7, 11) is 0. The molecule has 2 aliphatic rings. The molecule has 0 atom stereocenters. The molecule has 0 saturated heterocycles. The first-order chi connectivity index (χ1) is 34.2. The van der Waals surface area contributed by atoms with Gasteiger partial charge in [0.2, 0.25) is 0 Å². The molecule has 336 valence electrons. The first kappa shape index (κ1) is 42.6. The number of thiophene rings is 2. The third-order valence-electron chi connectivity index (χ3n) is 15.2. The quantitative estimate of drug-likeness (QED) is 0.144. The van der Waals surface area contributed by atoms with E-state index >= 15 is 0 Å². The van der Waals surface area contributed by atoms with Gasteiger partial charge in [0.25, 0.3) is 0 Å². The Kier molecular flexibility index (Phi) is 10.1. The number of fused-ring (bicyclic) bond motifs is 7. The van der Waals surface area contributed by atoms with Crippen molar-refractivity contribution in [3.05, 3.63) is 250 Å². The van der Waals surface area contributed by atoms with Crippen molar-refractivity contribution >= 4 is 33.7 Å². The Hall–Kier alpha value is -7.50. The summed E-state index contributed by atoms with van der Waals surface area (Å²) in [6, 6.07) is 75.8. The molecule has 13 rings (SSSR count). The lowest BCUT2D eigenvalue weighted by Crippen LogP contribution is -2.18. The van der Waals surface area contributed by atoms with Crippen LogP contribution >= 0.6 is 22.7 Å². The van der Waals surface area contributed by atoms with Crippen LogP contribution in [0.25, 0.3) is 87.1 Å². The van der Waals surface area contributed by atoms with Gasteiger partial charge in [0.1, 0.15) is 0 Å². The average molecular weight is 935 g/mol. The van der Waals surface area contributed by atoms with Crippen molar-refractivity contribution in [3.8, 4) is 76.1 Å². The summed E-state index contributed by atoms with van der Waals surface area (Å²) in [5, 5.41) is 0. The second-order valence-electron chi connectivity index (χ2n) is 20.1. The highest BCUT2D eigenvalue weighted by Gasteiger charge is 2.30. The van der Waals surface area contributed by atoms with E-state index in [0.717, 1.165) is 57.5 Å². The molecular formula is C66H50N2S2. The molecule has 0 N–H and O–H groups in total. The average Bonchev–Trinajstić information content (AvgIpc) is 4.24. The molecule has 0 saturated carbocycles. The zero-order chi connectivity index (χ0) is 47.1. The molecule has 70 heavy (non-hydrogen) atoms. The van der Waals surface area contributed by atoms with Crippen molar-refractivity contribution in [2.24, 2.45) is 0 Å². The minimum absolute atomic E-state index is 0.0619. The van der Waals surface area contributed by atoms with Crippen molar-refractivity contribution in [3.63, 3.8) is 0 Å². The Morgan fingerprint density at radius 1 is 0.329 bits per heavy atom. The summed E-state index contributed by atoms with van der Waals surface area (Å²) in [5.74, 6) is 0. The number of hydrogen-bond donors (Lipinski definition) is 0. The van der Waals surface area contributed by atoms with Crippen LogP contribution in [-0.2, 0) is 23.7 Å². The molecule has 2 nitrogen and oxygen atoms in total. The van der Waals surface area contributed by atoms with Crippen LogP contribution in [0.5, 0.6) is 0 Å². The fraction of sp³-hybridized carbons (Fsp3) is 0.121. The minimum atomic E-state index is -0.146. The summed E-state index contributed by atoms with van der Waals surface area (Å²) in [6.07, 6.45) is 1.92. The Morgan fingerprint density at radius 2 is 0.771 bits per heavy atom. The van der Waals surface area contributed by atoms with Gasteiger partial charge >= 0.3 is 0 Å². The monoisotopic (exact) mass is 934 g/mol. The highest BCUT2D eigenvalue weighted by molar-refractivity contribution is 7.19. The topological polar surface area (TPSA) is 25.8 Å². The molecule has 0 radical (unpaired) electrons. The number of benzene rings is 8. The van der Waals surface area contributed by atoms with E-state index in [1.54, 1.807) is 0 Å². The van der Waals surface area contributed by atoms with E-state index < -0.39 is 0 Å². The van der Waals surface area contributed by atoms with Gasteiger partial charge in [-0.3, -0.25) is 0 Å². The summed E-state index contributed by atoms with van der Waals surface area (Å²) in [4.78, 5) is 16.2. The standard InChI is InChI=1S/C66H50N2S2/c1-65(2,48-21-13-7-14-22-48)50-26-28-52-45(38-50)37-47-40-55-46(39-56(47)52)36-44-35-43(25-27-51(44)55)57-31-32-58(69-57)53-29-30-54(59-33-34-60(70-59)66(3,4)49-23-15-8-16-24-49)64-63(53)67-61(41-17-9-5-10-18-41)62(68-64)42-19-11-6-12-20-42/h5-35,38-40H,36-37H2,1-4H3. The van der Waals surface area contributed by atoms with Crippen LogP contribution in [0.4, 0.5) is 0 Å². The van der Waals surface area contributed by atoms with Crippen molar-refractivity contribution in [2.45, 2.75) is 51.4 Å².